The maximum absolute atomic E-state index is 6.22. The molecule has 0 aliphatic heterocycles. The maximum Gasteiger partial charge on any atom is 0.0484 e. The number of halogens is 1. The number of hydrogen-bond donors (Lipinski definition) is 0. The molecule has 0 bridgehead atoms. The first kappa shape index (κ1) is 10.4. The number of rotatable bonds is 1. The average molecular weight is 239 g/mol. The summed E-state index contributed by atoms with van der Waals surface area (Å²) in [5, 5.41) is 3.11. The topological polar surface area (TPSA) is 0 Å². The van der Waals surface area contributed by atoms with Crippen LogP contribution in [0.15, 0.2) is 66.7 Å². The van der Waals surface area contributed by atoms with Crippen LogP contribution >= 0.6 is 11.6 Å². The van der Waals surface area contributed by atoms with Gasteiger partial charge in [0.15, 0.2) is 0 Å². The zero-order valence-corrected chi connectivity index (χ0v) is 9.98. The zero-order chi connectivity index (χ0) is 11.7. The minimum absolute atomic E-state index is 0.806. The first-order valence-corrected chi connectivity index (χ1v) is 5.97. The summed E-state index contributed by atoms with van der Waals surface area (Å²) in [6.07, 6.45) is 0. The molecule has 0 radical (unpaired) electrons. The molecule has 3 aromatic carbocycles. The predicted molar refractivity (Wildman–Crippen MR) is 74.4 cm³/mol. The van der Waals surface area contributed by atoms with E-state index in [0.29, 0.717) is 0 Å². The van der Waals surface area contributed by atoms with E-state index in [-0.39, 0.29) is 0 Å². The van der Waals surface area contributed by atoms with Gasteiger partial charge in [-0.25, -0.2) is 0 Å². The van der Waals surface area contributed by atoms with Crippen LogP contribution in [0.4, 0.5) is 0 Å². The Kier molecular flexibility index (Phi) is 2.58. The maximum atomic E-state index is 6.22. The van der Waals surface area contributed by atoms with Crippen molar-refractivity contribution in [1.82, 2.24) is 0 Å². The van der Waals surface area contributed by atoms with Crippen LogP contribution in [0.2, 0.25) is 5.02 Å². The Morgan fingerprint density at radius 3 is 2.00 bits per heavy atom. The molecule has 0 aliphatic rings. The monoisotopic (exact) mass is 238 g/mol. The minimum atomic E-state index is 0.806. The standard InChI is InChI=1S/C16H11Cl/c17-16-11-10-13(12-6-2-1-3-7-12)14-8-4-5-9-15(14)16/h1-11H. The van der Waals surface area contributed by atoms with Crippen molar-refractivity contribution in [3.63, 3.8) is 0 Å². The zero-order valence-electron chi connectivity index (χ0n) is 9.23. The molecule has 0 saturated heterocycles. The quantitative estimate of drug-likeness (QED) is 0.549. The summed E-state index contributed by atoms with van der Waals surface area (Å²) in [6, 6.07) is 22.7. The highest BCUT2D eigenvalue weighted by Gasteiger charge is 2.05. The molecule has 82 valence electrons. The van der Waals surface area contributed by atoms with Crippen LogP contribution in [0, 0.1) is 0 Å². The third-order valence-corrected chi connectivity index (χ3v) is 3.29. The van der Waals surface area contributed by atoms with Gasteiger partial charge in [0.25, 0.3) is 0 Å². The molecule has 0 fully saturated rings. The van der Waals surface area contributed by atoms with Gasteiger partial charge in [0, 0.05) is 10.4 Å². The van der Waals surface area contributed by atoms with Gasteiger partial charge in [0.2, 0.25) is 0 Å². The van der Waals surface area contributed by atoms with E-state index in [4.69, 9.17) is 11.6 Å². The van der Waals surface area contributed by atoms with Crippen LogP contribution in [0.3, 0.4) is 0 Å². The van der Waals surface area contributed by atoms with Crippen molar-refractivity contribution in [2.24, 2.45) is 0 Å². The molecule has 3 rings (SSSR count). The molecule has 0 N–H and O–H groups in total. The van der Waals surface area contributed by atoms with Crippen molar-refractivity contribution in [3.05, 3.63) is 71.8 Å². The second kappa shape index (κ2) is 4.23. The van der Waals surface area contributed by atoms with Crippen LogP contribution in [0.5, 0.6) is 0 Å². The van der Waals surface area contributed by atoms with Crippen molar-refractivity contribution < 1.29 is 0 Å². The number of fused-ring (bicyclic) bond motifs is 1. The van der Waals surface area contributed by atoms with Gasteiger partial charge >= 0.3 is 0 Å². The molecular weight excluding hydrogens is 228 g/mol. The molecule has 1 heteroatoms. The van der Waals surface area contributed by atoms with E-state index in [9.17, 15) is 0 Å². The molecule has 0 amide bonds. The highest BCUT2D eigenvalue weighted by atomic mass is 35.5. The van der Waals surface area contributed by atoms with Crippen LogP contribution in [0.1, 0.15) is 0 Å². The Morgan fingerprint density at radius 2 is 1.24 bits per heavy atom. The van der Waals surface area contributed by atoms with E-state index in [1.165, 1.54) is 16.5 Å². The van der Waals surface area contributed by atoms with Crippen molar-refractivity contribution in [2.45, 2.75) is 0 Å². The van der Waals surface area contributed by atoms with E-state index in [0.717, 1.165) is 10.4 Å². The normalized spacial score (nSPS) is 10.6. The molecule has 3 aromatic rings. The first-order valence-electron chi connectivity index (χ1n) is 5.59. The van der Waals surface area contributed by atoms with Crippen molar-refractivity contribution >= 4 is 22.4 Å². The van der Waals surface area contributed by atoms with E-state index < -0.39 is 0 Å². The fourth-order valence-corrected chi connectivity index (χ4v) is 2.36. The van der Waals surface area contributed by atoms with Gasteiger partial charge in [-0.3, -0.25) is 0 Å². The fraction of sp³-hybridized carbons (Fsp3) is 0. The van der Waals surface area contributed by atoms with Gasteiger partial charge < -0.3 is 0 Å². The van der Waals surface area contributed by atoms with Crippen LogP contribution in [0.25, 0.3) is 21.9 Å². The summed E-state index contributed by atoms with van der Waals surface area (Å²) >= 11 is 6.22. The Morgan fingerprint density at radius 1 is 0.588 bits per heavy atom. The highest BCUT2D eigenvalue weighted by molar-refractivity contribution is 6.36. The highest BCUT2D eigenvalue weighted by Crippen LogP contribution is 2.32. The summed E-state index contributed by atoms with van der Waals surface area (Å²) in [6.45, 7) is 0. The summed E-state index contributed by atoms with van der Waals surface area (Å²) in [7, 11) is 0. The van der Waals surface area contributed by atoms with Gasteiger partial charge in [0.1, 0.15) is 0 Å². The molecule has 0 aromatic heterocycles. The number of benzene rings is 3. The van der Waals surface area contributed by atoms with Gasteiger partial charge in [-0.1, -0.05) is 72.3 Å². The number of hydrogen-bond acceptors (Lipinski definition) is 0. The summed E-state index contributed by atoms with van der Waals surface area (Å²) in [5.41, 5.74) is 2.45. The molecule has 0 unspecified atom stereocenters. The van der Waals surface area contributed by atoms with Crippen LogP contribution < -0.4 is 0 Å². The van der Waals surface area contributed by atoms with Crippen molar-refractivity contribution in [3.8, 4) is 11.1 Å². The molecule has 0 heterocycles. The molecule has 0 atom stereocenters. The predicted octanol–water partition coefficient (Wildman–Crippen LogP) is 5.16. The van der Waals surface area contributed by atoms with Crippen molar-refractivity contribution in [2.75, 3.05) is 0 Å². The lowest BCUT2D eigenvalue weighted by Gasteiger charge is -2.08. The SMILES string of the molecule is Clc1ccc(-c2ccccc2)c2ccccc12. The largest absolute Gasteiger partial charge is 0.0837 e. The fourth-order valence-electron chi connectivity index (χ4n) is 2.13. The van der Waals surface area contributed by atoms with E-state index in [1.54, 1.807) is 0 Å². The van der Waals surface area contributed by atoms with Gasteiger partial charge in [-0.2, -0.15) is 0 Å². The Hall–Kier alpha value is -1.79. The second-order valence-electron chi connectivity index (χ2n) is 4.01. The van der Waals surface area contributed by atoms with Gasteiger partial charge in [-0.15, -0.1) is 0 Å². The Bertz CT molecular complexity index is 657. The van der Waals surface area contributed by atoms with Crippen LogP contribution in [-0.4, -0.2) is 0 Å². The van der Waals surface area contributed by atoms with E-state index >= 15 is 0 Å². The van der Waals surface area contributed by atoms with Gasteiger partial charge in [0.05, 0.1) is 0 Å². The Labute approximate surface area is 105 Å². The third-order valence-electron chi connectivity index (χ3n) is 2.96. The summed E-state index contributed by atoms with van der Waals surface area (Å²) in [5.74, 6) is 0. The molecule has 0 spiro atoms. The molecule has 17 heavy (non-hydrogen) atoms. The van der Waals surface area contributed by atoms with E-state index in [2.05, 4.69) is 42.5 Å². The molecule has 0 aliphatic carbocycles. The summed E-state index contributed by atoms with van der Waals surface area (Å²) in [4.78, 5) is 0. The average Bonchev–Trinajstić information content (AvgIpc) is 2.41. The van der Waals surface area contributed by atoms with Gasteiger partial charge in [-0.05, 0) is 22.6 Å². The molecule has 0 nitrogen and oxygen atoms in total. The first-order chi connectivity index (χ1) is 8.36. The molecular formula is C16H11Cl. The summed E-state index contributed by atoms with van der Waals surface area (Å²) < 4.78 is 0. The molecule has 0 saturated carbocycles. The third kappa shape index (κ3) is 1.81. The minimum Gasteiger partial charge on any atom is -0.0837 e. The lowest BCUT2D eigenvalue weighted by Crippen LogP contribution is -1.81. The van der Waals surface area contributed by atoms with Crippen LogP contribution in [-0.2, 0) is 0 Å². The lowest BCUT2D eigenvalue weighted by molar-refractivity contribution is 1.65. The lowest BCUT2D eigenvalue weighted by atomic mass is 9.98. The van der Waals surface area contributed by atoms with E-state index in [1.807, 2.05) is 24.3 Å². The van der Waals surface area contributed by atoms with Crippen molar-refractivity contribution in [1.29, 1.82) is 0 Å². The smallest absolute Gasteiger partial charge is 0.0484 e. The second-order valence-corrected chi connectivity index (χ2v) is 4.41. The Balaban J connectivity index is 2.35.